The minimum absolute atomic E-state index is 0.101. The van der Waals surface area contributed by atoms with E-state index in [-0.39, 0.29) is 22.5 Å². The average Bonchev–Trinajstić information content (AvgIpc) is 3.12. The molecule has 3 rings (SSSR count). The van der Waals surface area contributed by atoms with Crippen molar-refractivity contribution in [1.29, 1.82) is 0 Å². The fourth-order valence-corrected chi connectivity index (χ4v) is 6.12. The molecule has 10 heteroatoms. The number of hydrogen-bond acceptors (Lipinski definition) is 7. The SMILES string of the molecule is CCO[C@H]1COC[C@@H]1NS(=O)(=O)c1sc2c(c1C(=O)O)CCNC2. The summed E-state index contributed by atoms with van der Waals surface area (Å²) in [6.45, 7) is 3.93. The van der Waals surface area contributed by atoms with Crippen molar-refractivity contribution < 1.29 is 27.8 Å². The Hall–Kier alpha value is -1.04. The normalized spacial score (nSPS) is 24.0. The fourth-order valence-electron chi connectivity index (χ4n) is 2.99. The zero-order valence-corrected chi connectivity index (χ0v) is 14.8. The number of nitrogens with one attached hydrogen (secondary N) is 2. The Labute approximate surface area is 144 Å². The Kier molecular flexibility index (Phi) is 5.23. The molecule has 0 bridgehead atoms. The van der Waals surface area contributed by atoms with Crippen LogP contribution in [0.2, 0.25) is 0 Å². The summed E-state index contributed by atoms with van der Waals surface area (Å²) in [5.74, 6) is -1.21. The standard InChI is InChI=1S/C14H20N2O6S2/c1-2-22-10-7-21-6-9(10)16-24(19,20)14-12(13(17)18)8-3-4-15-5-11(8)23-14/h9-10,15-16H,2-7H2,1H3,(H,17,18)/t9-,10-/m0/s1. The van der Waals surface area contributed by atoms with Gasteiger partial charge in [0.25, 0.3) is 10.0 Å². The molecule has 0 radical (unpaired) electrons. The number of hydrogen-bond donors (Lipinski definition) is 3. The van der Waals surface area contributed by atoms with Crippen LogP contribution >= 0.6 is 11.3 Å². The molecule has 134 valence electrons. The molecule has 2 aliphatic rings. The zero-order valence-electron chi connectivity index (χ0n) is 13.2. The van der Waals surface area contributed by atoms with Crippen LogP contribution in [0, 0.1) is 0 Å². The van der Waals surface area contributed by atoms with E-state index < -0.39 is 22.0 Å². The van der Waals surface area contributed by atoms with E-state index in [1.807, 2.05) is 6.92 Å². The highest BCUT2D eigenvalue weighted by molar-refractivity contribution is 7.91. The van der Waals surface area contributed by atoms with Crippen LogP contribution in [0.4, 0.5) is 0 Å². The van der Waals surface area contributed by atoms with E-state index in [1.54, 1.807) is 0 Å². The summed E-state index contributed by atoms with van der Waals surface area (Å²) in [5.41, 5.74) is 0.520. The van der Waals surface area contributed by atoms with Crippen LogP contribution in [0.15, 0.2) is 4.21 Å². The minimum atomic E-state index is -3.96. The number of rotatable bonds is 6. The molecule has 1 saturated heterocycles. The van der Waals surface area contributed by atoms with E-state index in [0.29, 0.717) is 38.3 Å². The molecule has 8 nitrogen and oxygen atoms in total. The second-order valence-corrected chi connectivity index (χ2v) is 8.67. The van der Waals surface area contributed by atoms with Gasteiger partial charge >= 0.3 is 5.97 Å². The van der Waals surface area contributed by atoms with E-state index in [9.17, 15) is 18.3 Å². The summed E-state index contributed by atoms with van der Waals surface area (Å²) >= 11 is 1.02. The smallest absolute Gasteiger partial charge is 0.338 e. The number of thiophene rings is 1. The molecule has 1 aromatic rings. The maximum Gasteiger partial charge on any atom is 0.338 e. The summed E-state index contributed by atoms with van der Waals surface area (Å²) < 4.78 is 38.8. The van der Waals surface area contributed by atoms with E-state index in [0.717, 1.165) is 16.2 Å². The third-order valence-corrected chi connectivity index (χ3v) is 7.31. The van der Waals surface area contributed by atoms with Gasteiger partial charge in [-0.2, -0.15) is 0 Å². The average molecular weight is 376 g/mol. The number of carboxylic acid groups (broad SMARTS) is 1. The topological polar surface area (TPSA) is 114 Å². The molecule has 3 heterocycles. The first-order valence-electron chi connectivity index (χ1n) is 7.74. The minimum Gasteiger partial charge on any atom is -0.478 e. The van der Waals surface area contributed by atoms with Gasteiger partial charge in [0.1, 0.15) is 4.21 Å². The van der Waals surface area contributed by atoms with Crippen molar-refractivity contribution in [3.8, 4) is 0 Å². The van der Waals surface area contributed by atoms with Crippen molar-refractivity contribution in [2.75, 3.05) is 26.4 Å². The molecule has 2 atom stereocenters. The summed E-state index contributed by atoms with van der Waals surface area (Å²) in [6, 6.07) is -0.520. The third kappa shape index (κ3) is 3.35. The first-order valence-corrected chi connectivity index (χ1v) is 10.0. The maximum absolute atomic E-state index is 12.8. The summed E-state index contributed by atoms with van der Waals surface area (Å²) in [5, 5.41) is 12.6. The van der Waals surface area contributed by atoms with E-state index in [2.05, 4.69) is 10.0 Å². The Morgan fingerprint density at radius 1 is 1.50 bits per heavy atom. The van der Waals surface area contributed by atoms with Gasteiger partial charge in [0.15, 0.2) is 0 Å². The number of ether oxygens (including phenoxy) is 2. The van der Waals surface area contributed by atoms with Gasteiger partial charge in [-0.25, -0.2) is 17.9 Å². The van der Waals surface area contributed by atoms with E-state index in [1.165, 1.54) is 0 Å². The Bertz CT molecular complexity index is 730. The first kappa shape index (κ1) is 17.8. The quantitative estimate of drug-likeness (QED) is 0.649. The van der Waals surface area contributed by atoms with Crippen LogP contribution in [-0.2, 0) is 32.5 Å². The van der Waals surface area contributed by atoms with Crippen LogP contribution in [0.5, 0.6) is 0 Å². The number of aromatic carboxylic acids is 1. The molecule has 0 unspecified atom stereocenters. The molecule has 24 heavy (non-hydrogen) atoms. The predicted molar refractivity (Wildman–Crippen MR) is 87.0 cm³/mol. The number of carbonyl (C=O) groups is 1. The molecule has 3 N–H and O–H groups in total. The van der Waals surface area contributed by atoms with Crippen LogP contribution in [0.25, 0.3) is 0 Å². The maximum atomic E-state index is 12.8. The number of fused-ring (bicyclic) bond motifs is 1. The molecular weight excluding hydrogens is 356 g/mol. The van der Waals surface area contributed by atoms with Gasteiger partial charge < -0.3 is 19.9 Å². The molecule has 0 spiro atoms. The molecule has 2 aliphatic heterocycles. The molecule has 0 aromatic carbocycles. The van der Waals surface area contributed by atoms with Crippen molar-refractivity contribution in [1.82, 2.24) is 10.0 Å². The number of carboxylic acids is 1. The van der Waals surface area contributed by atoms with E-state index in [4.69, 9.17) is 9.47 Å². The molecule has 0 saturated carbocycles. The van der Waals surface area contributed by atoms with Gasteiger partial charge in [-0.1, -0.05) is 0 Å². The predicted octanol–water partition coefficient (Wildman–Crippen LogP) is 0.174. The highest BCUT2D eigenvalue weighted by Crippen LogP contribution is 2.34. The van der Waals surface area contributed by atoms with Crippen molar-refractivity contribution in [3.63, 3.8) is 0 Å². The van der Waals surface area contributed by atoms with E-state index >= 15 is 0 Å². The summed E-state index contributed by atoms with van der Waals surface area (Å²) in [4.78, 5) is 12.4. The van der Waals surface area contributed by atoms with Crippen molar-refractivity contribution >= 4 is 27.3 Å². The van der Waals surface area contributed by atoms with Crippen LogP contribution in [-0.4, -0.2) is 58.0 Å². The molecular formula is C14H20N2O6S2. The van der Waals surface area contributed by atoms with Crippen molar-refractivity contribution in [3.05, 3.63) is 16.0 Å². The summed E-state index contributed by atoms with van der Waals surface area (Å²) in [6.07, 6.45) is 0.145. The van der Waals surface area contributed by atoms with Gasteiger partial charge in [0.2, 0.25) is 0 Å². The third-order valence-electron chi connectivity index (χ3n) is 4.07. The highest BCUT2D eigenvalue weighted by atomic mass is 32.2. The van der Waals surface area contributed by atoms with Gasteiger partial charge in [-0.3, -0.25) is 0 Å². The molecule has 1 aromatic heterocycles. The lowest BCUT2D eigenvalue weighted by atomic mass is 10.1. The second kappa shape index (κ2) is 7.06. The fraction of sp³-hybridized carbons (Fsp3) is 0.643. The van der Waals surface area contributed by atoms with Gasteiger partial charge in [-0.05, 0) is 25.5 Å². The van der Waals surface area contributed by atoms with Crippen LogP contribution in [0.3, 0.4) is 0 Å². The Morgan fingerprint density at radius 2 is 2.29 bits per heavy atom. The lowest BCUT2D eigenvalue weighted by Gasteiger charge is -2.18. The largest absolute Gasteiger partial charge is 0.478 e. The van der Waals surface area contributed by atoms with Crippen molar-refractivity contribution in [2.24, 2.45) is 0 Å². The second-order valence-electron chi connectivity index (χ2n) is 5.66. The highest BCUT2D eigenvalue weighted by Gasteiger charge is 2.37. The van der Waals surface area contributed by atoms with Gasteiger partial charge in [0, 0.05) is 18.0 Å². The Morgan fingerprint density at radius 3 is 3.00 bits per heavy atom. The summed E-state index contributed by atoms with van der Waals surface area (Å²) in [7, 11) is -3.96. The lowest BCUT2D eigenvalue weighted by molar-refractivity contribution is 0.0440. The molecule has 1 fully saturated rings. The van der Waals surface area contributed by atoms with Crippen LogP contribution in [0.1, 0.15) is 27.7 Å². The van der Waals surface area contributed by atoms with Crippen LogP contribution < -0.4 is 10.0 Å². The first-order chi connectivity index (χ1) is 11.4. The monoisotopic (exact) mass is 376 g/mol. The van der Waals surface area contributed by atoms with Crippen molar-refractivity contribution in [2.45, 2.75) is 36.2 Å². The lowest BCUT2D eigenvalue weighted by Crippen LogP contribution is -2.43. The molecule has 0 amide bonds. The zero-order chi connectivity index (χ0) is 17.3. The van der Waals surface area contributed by atoms with Gasteiger partial charge in [-0.15, -0.1) is 11.3 Å². The Balaban J connectivity index is 1.92. The molecule has 0 aliphatic carbocycles. The van der Waals surface area contributed by atoms with Gasteiger partial charge in [0.05, 0.1) is 30.9 Å². The number of sulfonamides is 1.